The van der Waals surface area contributed by atoms with Crippen molar-refractivity contribution in [1.82, 2.24) is 9.55 Å². The molecule has 2 heterocycles. The number of hydrogen-bond acceptors (Lipinski definition) is 8. The molecular formula is C9H14N3O8P. The van der Waals surface area contributed by atoms with Crippen molar-refractivity contribution >= 4 is 13.6 Å². The Hall–Kier alpha value is -1.33. The van der Waals surface area contributed by atoms with Crippen LogP contribution in [0.1, 0.15) is 12.6 Å². The molecule has 0 spiro atoms. The summed E-state index contributed by atoms with van der Waals surface area (Å²) in [6, 6.07) is 1.32. The molecule has 1 aromatic heterocycles. The van der Waals surface area contributed by atoms with E-state index in [9.17, 15) is 14.5 Å². The number of aliphatic hydroxyl groups excluding tert-OH is 1. The highest BCUT2D eigenvalue weighted by Gasteiger charge is 2.37. The number of anilines is 1. The number of hydrogen-bond donors (Lipinski definition) is 5. The summed E-state index contributed by atoms with van der Waals surface area (Å²) in [5, 5.41) is 18.4. The Morgan fingerprint density at radius 3 is 2.86 bits per heavy atom. The average molecular weight is 323 g/mol. The van der Waals surface area contributed by atoms with Gasteiger partial charge in [-0.15, -0.1) is 0 Å². The summed E-state index contributed by atoms with van der Waals surface area (Å²) in [7, 11) is -4.66. The van der Waals surface area contributed by atoms with Crippen molar-refractivity contribution in [2.45, 2.75) is 24.9 Å². The van der Waals surface area contributed by atoms with Crippen LogP contribution in [0.15, 0.2) is 17.1 Å². The highest BCUT2D eigenvalue weighted by atomic mass is 31.2. The molecule has 1 aliphatic heterocycles. The van der Waals surface area contributed by atoms with Gasteiger partial charge in [0.25, 0.3) is 0 Å². The summed E-state index contributed by atoms with van der Waals surface area (Å²) in [6.45, 7) is -0.513. The number of phosphoric ester groups is 1. The molecule has 0 saturated carbocycles. The van der Waals surface area contributed by atoms with Gasteiger partial charge < -0.3 is 19.6 Å². The summed E-state index contributed by atoms with van der Waals surface area (Å²) >= 11 is 0. The second-order valence-electron chi connectivity index (χ2n) is 4.33. The molecule has 1 aromatic rings. The van der Waals surface area contributed by atoms with E-state index in [1.165, 1.54) is 12.3 Å². The van der Waals surface area contributed by atoms with Gasteiger partial charge in [0.1, 0.15) is 12.3 Å². The zero-order valence-corrected chi connectivity index (χ0v) is 11.5. The minimum absolute atomic E-state index is 0.0304. The Morgan fingerprint density at radius 2 is 2.29 bits per heavy atom. The van der Waals surface area contributed by atoms with Gasteiger partial charge in [-0.2, -0.15) is 4.98 Å². The fourth-order valence-electron chi connectivity index (χ4n) is 1.90. The molecule has 21 heavy (non-hydrogen) atoms. The van der Waals surface area contributed by atoms with Crippen LogP contribution in [0.3, 0.4) is 0 Å². The summed E-state index contributed by atoms with van der Waals surface area (Å²) in [4.78, 5) is 32.4. The molecule has 1 fully saturated rings. The molecule has 12 heteroatoms. The van der Waals surface area contributed by atoms with E-state index in [4.69, 9.17) is 19.7 Å². The standard InChI is InChI=1S/C9H14N3O8P/c13-5-3-8(20-6(5)4-19-21(16,17)18)12-2-1-7(11-15)10-9(12)14/h1-2,5-6,8,13,15H,3-4H2,(H,10,11,14)(H2,16,17,18)/t5-,6+,8+/m0/s1. The van der Waals surface area contributed by atoms with Crippen molar-refractivity contribution in [3.05, 3.63) is 22.7 Å². The monoisotopic (exact) mass is 323 g/mol. The van der Waals surface area contributed by atoms with E-state index in [0.29, 0.717) is 0 Å². The van der Waals surface area contributed by atoms with E-state index < -0.39 is 38.6 Å². The quantitative estimate of drug-likeness (QED) is 0.328. The molecule has 0 bridgehead atoms. The van der Waals surface area contributed by atoms with E-state index in [0.717, 1.165) is 4.57 Å². The van der Waals surface area contributed by atoms with Gasteiger partial charge in [0.15, 0.2) is 5.82 Å². The topological polar surface area (TPSA) is 163 Å². The number of ether oxygens (including phenoxy) is 1. The Morgan fingerprint density at radius 1 is 1.57 bits per heavy atom. The largest absolute Gasteiger partial charge is 0.469 e. The van der Waals surface area contributed by atoms with Crippen LogP contribution in [0, 0.1) is 0 Å². The minimum atomic E-state index is -4.66. The smallest absolute Gasteiger partial charge is 0.390 e. The molecule has 5 N–H and O–H groups in total. The third-order valence-electron chi connectivity index (χ3n) is 2.87. The second kappa shape index (κ2) is 6.20. The molecule has 3 atom stereocenters. The first-order chi connectivity index (χ1) is 9.80. The number of phosphoric acid groups is 1. The second-order valence-corrected chi connectivity index (χ2v) is 5.57. The number of aromatic nitrogens is 2. The molecular weight excluding hydrogens is 309 g/mol. The van der Waals surface area contributed by atoms with Crippen molar-refractivity contribution in [1.29, 1.82) is 0 Å². The zero-order valence-electron chi connectivity index (χ0n) is 10.6. The first kappa shape index (κ1) is 16.0. The van der Waals surface area contributed by atoms with Crippen LogP contribution in [0.4, 0.5) is 5.82 Å². The predicted octanol–water partition coefficient (Wildman–Crippen LogP) is -1.20. The summed E-state index contributed by atoms with van der Waals surface area (Å²) in [6.07, 6.45) is -1.55. The molecule has 0 amide bonds. The number of nitrogens with zero attached hydrogens (tertiary/aromatic N) is 2. The fraction of sp³-hybridized carbons (Fsp3) is 0.556. The number of nitrogens with one attached hydrogen (secondary N) is 1. The van der Waals surface area contributed by atoms with Crippen molar-refractivity contribution in [3.8, 4) is 0 Å². The van der Waals surface area contributed by atoms with Gasteiger partial charge in [-0.1, -0.05) is 0 Å². The predicted molar refractivity (Wildman–Crippen MR) is 66.4 cm³/mol. The lowest BCUT2D eigenvalue weighted by molar-refractivity contribution is -0.0450. The maximum Gasteiger partial charge on any atom is 0.469 e. The van der Waals surface area contributed by atoms with E-state index in [1.807, 2.05) is 0 Å². The molecule has 0 aliphatic carbocycles. The van der Waals surface area contributed by atoms with Gasteiger partial charge in [-0.05, 0) is 6.07 Å². The summed E-state index contributed by atoms with van der Waals surface area (Å²) in [5.74, 6) is -0.0452. The van der Waals surface area contributed by atoms with Gasteiger partial charge >= 0.3 is 13.5 Å². The van der Waals surface area contributed by atoms with Crippen LogP contribution < -0.4 is 11.2 Å². The summed E-state index contributed by atoms with van der Waals surface area (Å²) in [5.41, 5.74) is 0.999. The van der Waals surface area contributed by atoms with Crippen molar-refractivity contribution in [3.63, 3.8) is 0 Å². The molecule has 2 rings (SSSR count). The van der Waals surface area contributed by atoms with E-state index in [-0.39, 0.29) is 12.2 Å². The molecule has 1 aliphatic rings. The highest BCUT2D eigenvalue weighted by molar-refractivity contribution is 7.46. The normalized spacial score (nSPS) is 26.0. The van der Waals surface area contributed by atoms with Gasteiger partial charge in [-0.25, -0.2) is 9.36 Å². The lowest BCUT2D eigenvalue weighted by Crippen LogP contribution is -2.28. The number of aliphatic hydroxyl groups is 1. The van der Waals surface area contributed by atoms with E-state index in [1.54, 1.807) is 5.48 Å². The van der Waals surface area contributed by atoms with Crippen LogP contribution in [-0.4, -0.2) is 48.5 Å². The highest BCUT2D eigenvalue weighted by Crippen LogP contribution is 2.38. The van der Waals surface area contributed by atoms with Gasteiger partial charge in [0.05, 0.1) is 12.7 Å². The maximum absolute atomic E-state index is 11.7. The third-order valence-corrected chi connectivity index (χ3v) is 3.35. The van der Waals surface area contributed by atoms with Crippen LogP contribution in [0.2, 0.25) is 0 Å². The Bertz CT molecular complexity index is 601. The van der Waals surface area contributed by atoms with Crippen LogP contribution >= 0.6 is 7.82 Å². The van der Waals surface area contributed by atoms with E-state index >= 15 is 0 Å². The SMILES string of the molecule is O=c1nc(NO)ccn1[C@H]1C[C@H](O)[C@@H](COP(=O)(O)O)O1. The minimum Gasteiger partial charge on any atom is -0.390 e. The van der Waals surface area contributed by atoms with Crippen molar-refractivity contribution < 1.29 is 33.9 Å². The Balaban J connectivity index is 2.07. The molecule has 0 radical (unpaired) electrons. The van der Waals surface area contributed by atoms with Gasteiger partial charge in [-0.3, -0.25) is 19.8 Å². The lowest BCUT2D eigenvalue weighted by Gasteiger charge is -2.16. The maximum atomic E-state index is 11.7. The Kier molecular flexibility index (Phi) is 4.74. The fourth-order valence-corrected chi connectivity index (χ4v) is 2.24. The average Bonchev–Trinajstić information content (AvgIpc) is 2.76. The zero-order chi connectivity index (χ0) is 15.6. The van der Waals surface area contributed by atoms with Gasteiger partial charge in [0.2, 0.25) is 0 Å². The number of rotatable bonds is 5. The van der Waals surface area contributed by atoms with Crippen molar-refractivity contribution in [2.75, 3.05) is 12.1 Å². The van der Waals surface area contributed by atoms with Crippen LogP contribution in [0.5, 0.6) is 0 Å². The van der Waals surface area contributed by atoms with Gasteiger partial charge in [0, 0.05) is 12.6 Å². The van der Waals surface area contributed by atoms with Crippen LogP contribution in [0.25, 0.3) is 0 Å². The third kappa shape index (κ3) is 4.08. The summed E-state index contributed by atoms with van der Waals surface area (Å²) < 4.78 is 21.3. The van der Waals surface area contributed by atoms with E-state index in [2.05, 4.69) is 9.51 Å². The molecule has 0 aromatic carbocycles. The van der Waals surface area contributed by atoms with Crippen molar-refractivity contribution in [2.24, 2.45) is 0 Å². The first-order valence-corrected chi connectivity index (χ1v) is 7.36. The van der Waals surface area contributed by atoms with Crippen LogP contribution in [-0.2, 0) is 13.8 Å². The molecule has 11 nitrogen and oxygen atoms in total. The molecule has 118 valence electrons. The molecule has 0 unspecified atom stereocenters. The first-order valence-electron chi connectivity index (χ1n) is 5.83. The lowest BCUT2D eigenvalue weighted by atomic mass is 10.2. The Labute approximate surface area is 118 Å². The molecule has 1 saturated heterocycles.